The zero-order valence-corrected chi connectivity index (χ0v) is 14.2. The fraction of sp³-hybridized carbons (Fsp3) is 0.429. The van der Waals surface area contributed by atoms with Gasteiger partial charge in [0.15, 0.2) is 0 Å². The SMILES string of the molecule is CCC[CH-]CO.C[C@@](S)(N[C-]=O)c1ccccc1.[Lr]. The summed E-state index contributed by atoms with van der Waals surface area (Å²) < 4.78 is 0. The first-order valence-corrected chi connectivity index (χ1v) is 6.38. The number of carbonyl (C=O) groups excluding carboxylic acids is 1. The van der Waals surface area contributed by atoms with Crippen LogP contribution in [-0.4, -0.2) is 18.1 Å². The van der Waals surface area contributed by atoms with Gasteiger partial charge >= 0.3 is 0 Å². The van der Waals surface area contributed by atoms with E-state index in [1.165, 1.54) is 0 Å². The van der Waals surface area contributed by atoms with Crippen LogP contribution in [0.1, 0.15) is 32.3 Å². The Morgan fingerprint density at radius 1 is 1.42 bits per heavy atom. The zero-order chi connectivity index (χ0) is 13.9. The molecule has 0 spiro atoms. The number of aliphatic hydroxyl groups excluding tert-OH is 1. The Labute approximate surface area is 115 Å². The number of unbranched alkanes of at least 4 members (excludes halogenated alkanes) is 2. The summed E-state index contributed by atoms with van der Waals surface area (Å²) in [5, 5.41) is 10.6. The van der Waals surface area contributed by atoms with Gasteiger partial charge in [0, 0.05) is 0 Å². The van der Waals surface area contributed by atoms with Gasteiger partial charge in [-0.05, 0) is 12.5 Å². The molecular weight excluding hydrogens is 508 g/mol. The third kappa shape index (κ3) is 8.69. The Morgan fingerprint density at radius 3 is 2.37 bits per heavy atom. The van der Waals surface area contributed by atoms with E-state index in [2.05, 4.69) is 24.9 Å². The monoisotopic (exact) mass is 529 g/mol. The number of nitrogens with one attached hydrogen (secondary N) is 1. The quantitative estimate of drug-likeness (QED) is 0.174. The summed E-state index contributed by atoms with van der Waals surface area (Å²) in [6.45, 7) is 4.12. The molecule has 0 saturated heterocycles. The number of amides is 1. The maximum Gasteiger partial charge on any atom is 0.0761 e. The molecule has 5 heteroatoms. The predicted molar refractivity (Wildman–Crippen MR) is 77.9 cm³/mol. The van der Waals surface area contributed by atoms with Crippen molar-refractivity contribution in [2.24, 2.45) is 0 Å². The zero-order valence-electron chi connectivity index (χ0n) is 11.1. The molecule has 0 aliphatic carbocycles. The molecule has 2 N–H and O–H groups in total. The van der Waals surface area contributed by atoms with Crippen molar-refractivity contribution in [1.29, 1.82) is 0 Å². The molecule has 1 aromatic rings. The first kappa shape index (κ1) is 19.3. The average molecular weight is 529 g/mol. The van der Waals surface area contributed by atoms with Crippen LogP contribution in [0.4, 0.5) is 0 Å². The van der Waals surface area contributed by atoms with E-state index in [4.69, 9.17) is 5.11 Å². The Bertz CT molecular complexity index is 316. The minimum atomic E-state index is -0.636. The molecule has 1 radical (unpaired) electrons. The second-order valence-corrected chi connectivity index (χ2v) is 4.82. The molecule has 0 aliphatic heterocycles. The van der Waals surface area contributed by atoms with E-state index in [9.17, 15) is 4.79 Å². The van der Waals surface area contributed by atoms with Gasteiger partial charge in [-0.1, -0.05) is 50.3 Å². The summed E-state index contributed by atoms with van der Waals surface area (Å²) in [4.78, 5) is 9.47. The Balaban J connectivity index is 0. The van der Waals surface area contributed by atoms with Crippen molar-refractivity contribution >= 4 is 19.0 Å². The fourth-order valence-electron chi connectivity index (χ4n) is 1.23. The van der Waals surface area contributed by atoms with Crippen LogP contribution in [0.5, 0.6) is 0 Å². The van der Waals surface area contributed by atoms with Crippen molar-refractivity contribution in [3.8, 4) is 0 Å². The summed E-state index contributed by atoms with van der Waals surface area (Å²) in [5.41, 5.74) is 0.941. The molecule has 0 aromatic heterocycles. The van der Waals surface area contributed by atoms with Crippen molar-refractivity contribution in [2.75, 3.05) is 6.61 Å². The van der Waals surface area contributed by atoms with E-state index in [-0.39, 0.29) is 6.61 Å². The third-order valence-corrected chi connectivity index (χ3v) is 2.62. The molecule has 1 amide bonds. The third-order valence-electron chi connectivity index (χ3n) is 2.25. The molecule has 0 saturated carbocycles. The van der Waals surface area contributed by atoms with Gasteiger partial charge in [-0.2, -0.15) is 12.8 Å². The summed E-state index contributed by atoms with van der Waals surface area (Å²) in [6.07, 6.45) is 5.67. The molecule has 19 heavy (non-hydrogen) atoms. The van der Waals surface area contributed by atoms with E-state index in [0.717, 1.165) is 18.4 Å². The molecule has 0 heterocycles. The Hall–Kier alpha value is -2.00. The van der Waals surface area contributed by atoms with Crippen LogP contribution in [0.3, 0.4) is 0 Å². The number of aliphatic hydroxyl groups is 1. The molecule has 0 bridgehead atoms. The van der Waals surface area contributed by atoms with Crippen molar-refractivity contribution in [2.45, 2.75) is 31.6 Å². The van der Waals surface area contributed by atoms with Gasteiger partial charge in [-0.15, -0.1) is 12.6 Å². The second kappa shape index (κ2) is 11.1. The Morgan fingerprint density at radius 2 is 2.00 bits per heavy atom. The van der Waals surface area contributed by atoms with E-state index in [1.54, 1.807) is 13.3 Å². The first-order chi connectivity index (χ1) is 8.58. The maximum atomic E-state index is 10.1. The summed E-state index contributed by atoms with van der Waals surface area (Å²) in [5.74, 6) is 0. The van der Waals surface area contributed by atoms with Gasteiger partial charge in [-0.25, -0.2) is 0 Å². The topological polar surface area (TPSA) is 49.3 Å². The number of rotatable bonds is 6. The minimum absolute atomic E-state index is 0. The van der Waals surface area contributed by atoms with Crippen LogP contribution >= 0.6 is 12.6 Å². The van der Waals surface area contributed by atoms with Crippen LogP contribution in [0.2, 0.25) is 0 Å². The normalized spacial score (nSPS) is 12.2. The van der Waals surface area contributed by atoms with Gasteiger partial charge < -0.3 is 21.6 Å². The van der Waals surface area contributed by atoms with Crippen molar-refractivity contribution in [1.82, 2.24) is 5.32 Å². The Kier molecular flexibility index (Phi) is 11.3. The van der Waals surface area contributed by atoms with Crippen molar-refractivity contribution < 1.29 is 9.90 Å². The number of hydrogen-bond acceptors (Lipinski definition) is 3. The van der Waals surface area contributed by atoms with Crippen molar-refractivity contribution in [3.05, 3.63) is 42.3 Å². The van der Waals surface area contributed by atoms with E-state index < -0.39 is 4.87 Å². The average Bonchev–Trinajstić information content (AvgIpc) is 2.38. The van der Waals surface area contributed by atoms with E-state index in [1.807, 2.05) is 36.8 Å². The van der Waals surface area contributed by atoms with Gasteiger partial charge in [0.25, 0.3) is 0 Å². The first-order valence-electron chi connectivity index (χ1n) is 5.93. The molecule has 0 fully saturated rings. The molecule has 117 valence electrons. The number of hydrogen-bond donors (Lipinski definition) is 3. The predicted octanol–water partition coefficient (Wildman–Crippen LogP) is 2.43. The van der Waals surface area contributed by atoms with Crippen LogP contribution < -0.4 is 5.32 Å². The molecule has 1 rings (SSSR count). The molecular formula is C14H21LrNO2S-2. The smallest absolute Gasteiger partial charge is 0.0761 e. The van der Waals surface area contributed by atoms with E-state index >= 15 is 0 Å². The largest absolute Gasteiger partial charge is 0.520 e. The van der Waals surface area contributed by atoms with Crippen LogP contribution in [0.25, 0.3) is 0 Å². The molecule has 0 aliphatic rings. The van der Waals surface area contributed by atoms with Crippen LogP contribution in [-0.2, 0) is 9.67 Å². The summed E-state index contributed by atoms with van der Waals surface area (Å²) >= 11 is 4.28. The minimum Gasteiger partial charge on any atom is -0.520 e. The van der Waals surface area contributed by atoms with E-state index in [0.29, 0.717) is 0 Å². The van der Waals surface area contributed by atoms with Gasteiger partial charge in [0.2, 0.25) is 0 Å². The number of benzene rings is 1. The van der Waals surface area contributed by atoms with Gasteiger partial charge in [0.05, 0.1) is 4.87 Å². The second-order valence-electron chi connectivity index (χ2n) is 3.93. The maximum absolute atomic E-state index is 10.1. The fourth-order valence-corrected chi connectivity index (χ4v) is 1.42. The van der Waals surface area contributed by atoms with Crippen LogP contribution in [0, 0.1) is 6.42 Å². The van der Waals surface area contributed by atoms with Gasteiger partial charge in [0.1, 0.15) is 0 Å². The van der Waals surface area contributed by atoms with Crippen molar-refractivity contribution in [3.63, 3.8) is 0 Å². The molecule has 1 atom stereocenters. The number of thiol groups is 1. The molecule has 1 aromatic carbocycles. The molecule has 0 unspecified atom stereocenters. The summed E-state index contributed by atoms with van der Waals surface area (Å²) in [6, 6.07) is 9.51. The van der Waals surface area contributed by atoms with Gasteiger partial charge in [-0.3, -0.25) is 0 Å². The summed E-state index contributed by atoms with van der Waals surface area (Å²) in [7, 11) is 0. The standard InChI is InChI=1S/C9H10NOS.C5H11O.Lr/c1-9(12,10-7-11)8-5-3-2-4-6-8;1-2-3-4-5-6;/h2-6,12H,1H3,(H,10,11);4,6H,2-3,5H2,1H3;/q2*-1;/t9-;;/m0../s1. The molecule has 3 nitrogen and oxygen atoms in total. The van der Waals surface area contributed by atoms with Crippen LogP contribution in [0.15, 0.2) is 30.3 Å².